The second kappa shape index (κ2) is 7.43. The van der Waals surface area contributed by atoms with Crippen molar-refractivity contribution in [3.63, 3.8) is 0 Å². The molecule has 0 N–H and O–H groups in total. The monoisotopic (exact) mass is 339 g/mol. The van der Waals surface area contributed by atoms with E-state index >= 15 is 0 Å². The summed E-state index contributed by atoms with van der Waals surface area (Å²) < 4.78 is 0. The fraction of sp³-hybridized carbons (Fsp3) is 0.381. The van der Waals surface area contributed by atoms with Gasteiger partial charge in [0.25, 0.3) is 5.91 Å². The zero-order valence-electron chi connectivity index (χ0n) is 14.7. The summed E-state index contributed by atoms with van der Waals surface area (Å²) in [5.41, 5.74) is 4.62. The Morgan fingerprint density at radius 3 is 2.38 bits per heavy atom. The van der Waals surface area contributed by atoms with Crippen LogP contribution in [0.1, 0.15) is 59.1 Å². The van der Waals surface area contributed by atoms with E-state index in [1.54, 1.807) is 0 Å². The van der Waals surface area contributed by atoms with Crippen molar-refractivity contribution >= 4 is 17.7 Å². The van der Waals surface area contributed by atoms with Gasteiger partial charge in [-0.25, -0.2) is 0 Å². The Kier molecular flexibility index (Phi) is 5.30. The van der Waals surface area contributed by atoms with Crippen LogP contribution in [-0.4, -0.2) is 23.1 Å². The van der Waals surface area contributed by atoms with E-state index in [2.05, 4.69) is 57.2 Å². The molecule has 0 aromatic heterocycles. The molecular formula is C21H25NOS. The average molecular weight is 340 g/mol. The minimum absolute atomic E-state index is 0.129. The van der Waals surface area contributed by atoms with E-state index < -0.39 is 0 Å². The van der Waals surface area contributed by atoms with Crippen molar-refractivity contribution < 1.29 is 4.79 Å². The summed E-state index contributed by atoms with van der Waals surface area (Å²) in [6.07, 6.45) is 0.999. The van der Waals surface area contributed by atoms with Crippen LogP contribution >= 0.6 is 11.8 Å². The zero-order valence-corrected chi connectivity index (χ0v) is 15.5. The van der Waals surface area contributed by atoms with Crippen LogP contribution in [-0.2, 0) is 6.42 Å². The second-order valence-electron chi connectivity index (χ2n) is 6.59. The van der Waals surface area contributed by atoms with Crippen LogP contribution in [0.5, 0.6) is 0 Å². The largest absolute Gasteiger partial charge is 0.322 e. The van der Waals surface area contributed by atoms with Crippen molar-refractivity contribution in [3.05, 3.63) is 70.8 Å². The van der Waals surface area contributed by atoms with E-state index in [4.69, 9.17) is 0 Å². The molecular weight excluding hydrogens is 314 g/mol. The topological polar surface area (TPSA) is 20.3 Å². The molecule has 0 radical (unpaired) electrons. The Hall–Kier alpha value is -1.74. The Balaban J connectivity index is 1.80. The number of thioether (sulfide) groups is 1. The van der Waals surface area contributed by atoms with Crippen LogP contribution in [0.2, 0.25) is 0 Å². The van der Waals surface area contributed by atoms with Crippen molar-refractivity contribution in [2.75, 3.05) is 12.3 Å². The van der Waals surface area contributed by atoms with Crippen LogP contribution in [0.25, 0.3) is 0 Å². The smallest absolute Gasteiger partial charge is 0.255 e. The fourth-order valence-electron chi connectivity index (χ4n) is 3.05. The van der Waals surface area contributed by atoms with Gasteiger partial charge >= 0.3 is 0 Å². The fourth-order valence-corrected chi connectivity index (χ4v) is 4.30. The molecule has 3 rings (SSSR count). The van der Waals surface area contributed by atoms with Crippen molar-refractivity contribution in [3.8, 4) is 0 Å². The normalized spacial score (nSPS) is 17.5. The van der Waals surface area contributed by atoms with E-state index in [0.29, 0.717) is 5.92 Å². The molecule has 0 aliphatic carbocycles. The number of carbonyl (C=O) groups excluding carboxylic acids is 1. The summed E-state index contributed by atoms with van der Waals surface area (Å²) in [6.45, 7) is 7.35. The molecule has 0 bridgehead atoms. The quantitative estimate of drug-likeness (QED) is 0.757. The highest BCUT2D eigenvalue weighted by Crippen LogP contribution is 2.39. The van der Waals surface area contributed by atoms with Crippen molar-refractivity contribution in [2.24, 2.45) is 0 Å². The number of amides is 1. The lowest BCUT2D eigenvalue weighted by Gasteiger charge is -2.24. The minimum Gasteiger partial charge on any atom is -0.322 e. The Morgan fingerprint density at radius 1 is 1.12 bits per heavy atom. The molecule has 3 heteroatoms. The molecule has 1 aliphatic heterocycles. The third kappa shape index (κ3) is 3.51. The van der Waals surface area contributed by atoms with Gasteiger partial charge < -0.3 is 4.90 Å². The van der Waals surface area contributed by atoms with Crippen LogP contribution in [0.4, 0.5) is 0 Å². The molecule has 1 aliphatic rings. The first-order valence-electron chi connectivity index (χ1n) is 8.71. The number of rotatable bonds is 4. The third-order valence-corrected chi connectivity index (χ3v) is 5.91. The van der Waals surface area contributed by atoms with Gasteiger partial charge in [0.2, 0.25) is 0 Å². The zero-order chi connectivity index (χ0) is 17.1. The molecule has 1 fully saturated rings. The highest BCUT2D eigenvalue weighted by Gasteiger charge is 2.31. The molecule has 1 heterocycles. The van der Waals surface area contributed by atoms with Gasteiger partial charge in [0.15, 0.2) is 0 Å². The maximum absolute atomic E-state index is 12.9. The molecule has 0 spiro atoms. The van der Waals surface area contributed by atoms with Gasteiger partial charge in [-0.15, -0.1) is 11.8 Å². The first-order chi connectivity index (χ1) is 11.6. The lowest BCUT2D eigenvalue weighted by atomic mass is 10.0. The van der Waals surface area contributed by atoms with E-state index in [-0.39, 0.29) is 11.3 Å². The molecule has 0 saturated carbocycles. The first-order valence-corrected chi connectivity index (χ1v) is 9.76. The molecule has 2 aromatic rings. The van der Waals surface area contributed by atoms with Gasteiger partial charge in [-0.05, 0) is 41.2 Å². The van der Waals surface area contributed by atoms with Crippen molar-refractivity contribution in [1.82, 2.24) is 4.90 Å². The van der Waals surface area contributed by atoms with Gasteiger partial charge in [-0.3, -0.25) is 4.79 Å². The highest BCUT2D eigenvalue weighted by atomic mass is 32.2. The number of hydrogen-bond acceptors (Lipinski definition) is 2. The standard InChI is InChI=1S/C21H25NOS/c1-4-16-5-7-18(8-6-16)20(23)22-13-14-24-21(22)19-11-9-17(10-12-19)15(2)3/h5-12,15,21H,4,13-14H2,1-3H3. The maximum Gasteiger partial charge on any atom is 0.255 e. The minimum atomic E-state index is 0.129. The Bertz CT molecular complexity index is 691. The SMILES string of the molecule is CCc1ccc(C(=O)N2CCSC2c2ccc(C(C)C)cc2)cc1. The van der Waals surface area contributed by atoms with Crippen LogP contribution in [0.15, 0.2) is 48.5 Å². The first kappa shape index (κ1) is 17.1. The molecule has 1 atom stereocenters. The molecule has 1 unspecified atom stereocenters. The van der Waals surface area contributed by atoms with E-state index in [0.717, 1.165) is 24.3 Å². The Labute approximate surface area is 149 Å². The molecule has 2 aromatic carbocycles. The Morgan fingerprint density at radius 2 is 1.79 bits per heavy atom. The summed E-state index contributed by atoms with van der Waals surface area (Å²) >= 11 is 1.85. The molecule has 126 valence electrons. The van der Waals surface area contributed by atoms with Gasteiger partial charge in [0, 0.05) is 17.9 Å². The highest BCUT2D eigenvalue weighted by molar-refractivity contribution is 7.99. The summed E-state index contributed by atoms with van der Waals surface area (Å²) in [5.74, 6) is 1.67. The van der Waals surface area contributed by atoms with E-state index in [1.165, 1.54) is 16.7 Å². The predicted octanol–water partition coefficient (Wildman–Crippen LogP) is 5.26. The van der Waals surface area contributed by atoms with Crippen LogP contribution in [0.3, 0.4) is 0 Å². The predicted molar refractivity (Wildman–Crippen MR) is 103 cm³/mol. The number of nitrogens with zero attached hydrogens (tertiary/aromatic N) is 1. The summed E-state index contributed by atoms with van der Waals surface area (Å²) in [7, 11) is 0. The lowest BCUT2D eigenvalue weighted by Crippen LogP contribution is -2.30. The van der Waals surface area contributed by atoms with Crippen molar-refractivity contribution in [1.29, 1.82) is 0 Å². The molecule has 2 nitrogen and oxygen atoms in total. The molecule has 1 amide bonds. The number of aryl methyl sites for hydroxylation is 1. The van der Waals surface area contributed by atoms with Crippen LogP contribution < -0.4 is 0 Å². The summed E-state index contributed by atoms with van der Waals surface area (Å²) in [6, 6.07) is 16.8. The molecule has 24 heavy (non-hydrogen) atoms. The average Bonchev–Trinajstić information content (AvgIpc) is 3.11. The third-order valence-electron chi connectivity index (χ3n) is 4.65. The van der Waals surface area contributed by atoms with E-state index in [9.17, 15) is 4.79 Å². The van der Waals surface area contributed by atoms with Gasteiger partial charge in [0.05, 0.1) is 0 Å². The lowest BCUT2D eigenvalue weighted by molar-refractivity contribution is 0.0760. The van der Waals surface area contributed by atoms with Gasteiger partial charge in [0.1, 0.15) is 5.37 Å². The summed E-state index contributed by atoms with van der Waals surface area (Å²) in [5, 5.41) is 0.129. The van der Waals surface area contributed by atoms with Gasteiger partial charge in [-0.2, -0.15) is 0 Å². The summed E-state index contributed by atoms with van der Waals surface area (Å²) in [4.78, 5) is 14.9. The number of carbonyl (C=O) groups is 1. The van der Waals surface area contributed by atoms with Gasteiger partial charge in [-0.1, -0.05) is 57.2 Å². The molecule has 1 saturated heterocycles. The number of hydrogen-bond donors (Lipinski definition) is 0. The van der Waals surface area contributed by atoms with Crippen molar-refractivity contribution in [2.45, 2.75) is 38.5 Å². The second-order valence-corrected chi connectivity index (χ2v) is 7.78. The maximum atomic E-state index is 12.9. The number of benzene rings is 2. The van der Waals surface area contributed by atoms with E-state index in [1.807, 2.05) is 28.8 Å². The van der Waals surface area contributed by atoms with Crippen LogP contribution in [0, 0.1) is 0 Å².